The van der Waals surface area contributed by atoms with Crippen molar-refractivity contribution in [3.8, 4) is 11.4 Å². The van der Waals surface area contributed by atoms with Gasteiger partial charge < -0.3 is 24.5 Å². The molecule has 0 fully saturated rings. The Morgan fingerprint density at radius 3 is 2.88 bits per heavy atom. The van der Waals surface area contributed by atoms with Crippen LogP contribution in [0.2, 0.25) is 0 Å². The van der Waals surface area contributed by atoms with Crippen LogP contribution in [0.3, 0.4) is 0 Å². The van der Waals surface area contributed by atoms with E-state index in [4.69, 9.17) is 13.9 Å². The van der Waals surface area contributed by atoms with Gasteiger partial charge >= 0.3 is 12.0 Å². The first-order chi connectivity index (χ1) is 15.6. The number of benzene rings is 1. The molecule has 1 aliphatic rings. The van der Waals surface area contributed by atoms with Gasteiger partial charge in [-0.1, -0.05) is 23.9 Å². The number of nitrogens with zero attached hydrogens (tertiary/aromatic N) is 4. The summed E-state index contributed by atoms with van der Waals surface area (Å²) in [5, 5.41) is 17.7. The summed E-state index contributed by atoms with van der Waals surface area (Å²) in [6.45, 7) is 1.90. The molecule has 166 valence electrons. The summed E-state index contributed by atoms with van der Waals surface area (Å²) in [4.78, 5) is 25.1. The van der Waals surface area contributed by atoms with Crippen LogP contribution < -0.4 is 15.4 Å². The molecule has 32 heavy (non-hydrogen) atoms. The highest BCUT2D eigenvalue weighted by Crippen LogP contribution is 2.31. The highest BCUT2D eigenvalue weighted by Gasteiger charge is 2.35. The smallest absolute Gasteiger partial charge is 0.338 e. The fourth-order valence-electron chi connectivity index (χ4n) is 3.21. The molecule has 4 rings (SSSR count). The number of carbonyl (C=O) groups excluding carboxylic acids is 2. The first-order valence-corrected chi connectivity index (χ1v) is 10.7. The average molecular weight is 456 g/mol. The van der Waals surface area contributed by atoms with Crippen molar-refractivity contribution in [2.24, 2.45) is 0 Å². The van der Waals surface area contributed by atoms with E-state index >= 15 is 0 Å². The number of carbonyl (C=O) groups is 2. The molecular formula is C20H20N6O5S. The van der Waals surface area contributed by atoms with Crippen LogP contribution in [0.15, 0.2) is 63.5 Å². The lowest BCUT2D eigenvalue weighted by atomic mass is 10.0. The van der Waals surface area contributed by atoms with Crippen LogP contribution in [0.1, 0.15) is 18.7 Å². The van der Waals surface area contributed by atoms with E-state index in [0.29, 0.717) is 28.1 Å². The van der Waals surface area contributed by atoms with E-state index in [2.05, 4.69) is 26.2 Å². The SMILES string of the molecule is CCOC(=O)C1=C(CSc2nnnn2-c2ccccc2OC)NC(=O)N[C@H]1c1ccco1. The Balaban J connectivity index is 1.66. The van der Waals surface area contributed by atoms with Gasteiger partial charge in [-0.2, -0.15) is 4.68 Å². The van der Waals surface area contributed by atoms with E-state index in [0.717, 1.165) is 0 Å². The van der Waals surface area contributed by atoms with Crippen molar-refractivity contribution in [2.45, 2.75) is 18.1 Å². The van der Waals surface area contributed by atoms with Crippen molar-refractivity contribution in [2.75, 3.05) is 19.5 Å². The average Bonchev–Trinajstić information content (AvgIpc) is 3.49. The highest BCUT2D eigenvalue weighted by atomic mass is 32.2. The molecule has 0 bridgehead atoms. The zero-order chi connectivity index (χ0) is 22.5. The maximum Gasteiger partial charge on any atom is 0.338 e. The number of methoxy groups -OCH3 is 1. The number of esters is 1. The van der Waals surface area contributed by atoms with Crippen LogP contribution in [-0.4, -0.2) is 51.7 Å². The van der Waals surface area contributed by atoms with Gasteiger partial charge in [-0.05, 0) is 41.6 Å². The molecule has 2 aromatic heterocycles. The van der Waals surface area contributed by atoms with E-state index < -0.39 is 18.0 Å². The lowest BCUT2D eigenvalue weighted by Crippen LogP contribution is -2.46. The molecule has 2 amide bonds. The first kappa shape index (κ1) is 21.4. The maximum absolute atomic E-state index is 12.8. The number of aromatic nitrogens is 4. The molecule has 0 aliphatic carbocycles. The molecule has 0 spiro atoms. The van der Waals surface area contributed by atoms with Gasteiger partial charge in [0, 0.05) is 11.4 Å². The molecule has 3 aromatic rings. The van der Waals surface area contributed by atoms with E-state index in [1.54, 1.807) is 32.2 Å². The minimum absolute atomic E-state index is 0.188. The summed E-state index contributed by atoms with van der Waals surface area (Å²) in [7, 11) is 1.56. The lowest BCUT2D eigenvalue weighted by molar-refractivity contribution is -0.139. The third-order valence-corrected chi connectivity index (χ3v) is 5.52. The van der Waals surface area contributed by atoms with Gasteiger partial charge in [-0.25, -0.2) is 9.59 Å². The summed E-state index contributed by atoms with van der Waals surface area (Å²) in [5.74, 6) is 0.667. The second-order valence-corrected chi connectivity index (χ2v) is 7.44. The number of rotatable bonds is 8. The van der Waals surface area contributed by atoms with Crippen LogP contribution in [0, 0.1) is 0 Å². The zero-order valence-corrected chi connectivity index (χ0v) is 18.1. The number of amides is 2. The van der Waals surface area contributed by atoms with Crippen molar-refractivity contribution in [1.82, 2.24) is 30.8 Å². The maximum atomic E-state index is 12.8. The highest BCUT2D eigenvalue weighted by molar-refractivity contribution is 7.99. The van der Waals surface area contributed by atoms with Gasteiger partial charge in [0.2, 0.25) is 5.16 Å². The van der Waals surface area contributed by atoms with Gasteiger partial charge in [0.15, 0.2) is 0 Å². The Morgan fingerprint density at radius 2 is 2.12 bits per heavy atom. The number of nitrogens with one attached hydrogen (secondary N) is 2. The van der Waals surface area contributed by atoms with Crippen molar-refractivity contribution in [3.63, 3.8) is 0 Å². The largest absolute Gasteiger partial charge is 0.494 e. The number of tetrazole rings is 1. The Kier molecular flexibility index (Phi) is 6.40. The predicted molar refractivity (Wildman–Crippen MR) is 113 cm³/mol. The van der Waals surface area contributed by atoms with E-state index in [-0.39, 0.29) is 17.9 Å². The van der Waals surface area contributed by atoms with Crippen LogP contribution in [0.25, 0.3) is 5.69 Å². The normalized spacial score (nSPS) is 15.8. The Bertz CT molecular complexity index is 1140. The molecule has 12 heteroatoms. The summed E-state index contributed by atoms with van der Waals surface area (Å²) < 4.78 is 17.6. The van der Waals surface area contributed by atoms with Crippen LogP contribution in [0.5, 0.6) is 5.75 Å². The number of urea groups is 1. The molecule has 3 heterocycles. The van der Waals surface area contributed by atoms with Crippen molar-refractivity contribution in [3.05, 3.63) is 59.7 Å². The van der Waals surface area contributed by atoms with Gasteiger partial charge in [-0.3, -0.25) is 0 Å². The second-order valence-electron chi connectivity index (χ2n) is 6.49. The first-order valence-electron chi connectivity index (χ1n) is 9.68. The Labute approximate surface area is 187 Å². The summed E-state index contributed by atoms with van der Waals surface area (Å²) in [6, 6.07) is 9.43. The molecule has 0 saturated carbocycles. The number of para-hydroxylation sites is 2. The minimum Gasteiger partial charge on any atom is -0.494 e. The fourth-order valence-corrected chi connectivity index (χ4v) is 4.06. The van der Waals surface area contributed by atoms with E-state index in [1.165, 1.54) is 22.7 Å². The zero-order valence-electron chi connectivity index (χ0n) is 17.3. The third kappa shape index (κ3) is 4.30. The second kappa shape index (κ2) is 9.56. The summed E-state index contributed by atoms with van der Waals surface area (Å²) in [6.07, 6.45) is 1.47. The molecule has 2 N–H and O–H groups in total. The number of hydrogen-bond donors (Lipinski definition) is 2. The number of thioether (sulfide) groups is 1. The number of furan rings is 1. The van der Waals surface area contributed by atoms with E-state index in [9.17, 15) is 9.59 Å². The van der Waals surface area contributed by atoms with Gasteiger partial charge in [-0.15, -0.1) is 5.10 Å². The van der Waals surface area contributed by atoms with Gasteiger partial charge in [0.25, 0.3) is 0 Å². The molecule has 11 nitrogen and oxygen atoms in total. The van der Waals surface area contributed by atoms with Crippen molar-refractivity contribution in [1.29, 1.82) is 0 Å². The Hall–Kier alpha value is -3.80. The topological polar surface area (TPSA) is 133 Å². The minimum atomic E-state index is -0.779. The van der Waals surface area contributed by atoms with Crippen LogP contribution >= 0.6 is 11.8 Å². The van der Waals surface area contributed by atoms with Crippen LogP contribution in [-0.2, 0) is 9.53 Å². The van der Waals surface area contributed by atoms with Gasteiger partial charge in [0.1, 0.15) is 23.2 Å². The molecule has 0 radical (unpaired) electrons. The molecule has 1 atom stereocenters. The quantitative estimate of drug-likeness (QED) is 0.386. The number of ether oxygens (including phenoxy) is 2. The fraction of sp³-hybridized carbons (Fsp3) is 0.250. The van der Waals surface area contributed by atoms with Crippen LogP contribution in [0.4, 0.5) is 4.79 Å². The number of hydrogen-bond acceptors (Lipinski definition) is 9. The Morgan fingerprint density at radius 1 is 1.28 bits per heavy atom. The van der Waals surface area contributed by atoms with Crippen molar-refractivity contribution >= 4 is 23.8 Å². The molecular weight excluding hydrogens is 436 g/mol. The summed E-state index contributed by atoms with van der Waals surface area (Å²) >= 11 is 1.25. The predicted octanol–water partition coefficient (Wildman–Crippen LogP) is 2.23. The van der Waals surface area contributed by atoms with Crippen molar-refractivity contribution < 1.29 is 23.5 Å². The van der Waals surface area contributed by atoms with E-state index in [1.807, 2.05) is 18.2 Å². The van der Waals surface area contributed by atoms with Gasteiger partial charge in [0.05, 0.1) is 25.6 Å². The standard InChI is InChI=1S/C20H20N6O5S/c1-3-30-18(27)16-12(21-19(28)22-17(16)15-9-6-10-31-15)11-32-20-23-24-25-26(20)13-7-4-5-8-14(13)29-2/h4-10,17H,3,11H2,1-2H3,(H2,21,22,28)/t17-/m0/s1. The molecule has 0 saturated heterocycles. The monoisotopic (exact) mass is 456 g/mol. The summed E-state index contributed by atoms with van der Waals surface area (Å²) in [5.41, 5.74) is 1.29. The molecule has 1 aliphatic heterocycles. The lowest BCUT2D eigenvalue weighted by Gasteiger charge is -2.27. The molecule has 0 unspecified atom stereocenters. The third-order valence-electron chi connectivity index (χ3n) is 4.58. The molecule has 1 aromatic carbocycles.